The predicted molar refractivity (Wildman–Crippen MR) is 179 cm³/mol. The normalized spacial score (nSPS) is 14.0. The molecule has 1 amide bonds. The number of benzene rings is 4. The maximum atomic E-state index is 12.4. The third-order valence-electron chi connectivity index (χ3n) is 7.97. The fourth-order valence-electron chi connectivity index (χ4n) is 5.64. The van der Waals surface area contributed by atoms with E-state index in [-0.39, 0.29) is 33.9 Å². The Morgan fingerprint density at radius 3 is 2.08 bits per heavy atom. The number of carboxylic acids is 2. The van der Waals surface area contributed by atoms with Crippen molar-refractivity contribution in [2.45, 2.75) is 5.92 Å². The largest absolute Gasteiger partial charge is 0.478 e. The molecule has 0 aliphatic carbocycles. The molecule has 0 fully saturated rings. The number of nitrogens with one attached hydrogen (secondary N) is 5. The summed E-state index contributed by atoms with van der Waals surface area (Å²) < 4.78 is 0. The van der Waals surface area contributed by atoms with E-state index in [4.69, 9.17) is 21.4 Å². The van der Waals surface area contributed by atoms with E-state index in [9.17, 15) is 19.2 Å². The van der Waals surface area contributed by atoms with Gasteiger partial charge in [0.25, 0.3) is 5.56 Å². The number of carbonyl (C=O) groups is 3. The topological polar surface area (TPSA) is 244 Å². The van der Waals surface area contributed by atoms with Gasteiger partial charge >= 0.3 is 11.9 Å². The summed E-state index contributed by atoms with van der Waals surface area (Å²) >= 11 is 0. The van der Waals surface area contributed by atoms with Gasteiger partial charge in [-0.25, -0.2) is 19.6 Å². The molecule has 0 saturated carbocycles. The molecule has 0 spiro atoms. The fraction of sp³-hybridized carbons (Fsp3) is 0.0294. The van der Waals surface area contributed by atoms with Crippen LogP contribution in [0.3, 0.4) is 0 Å². The Balaban J connectivity index is 0.000000152. The standard InChI is InChI=1S/2C17H12N4O3/c2*18-14-9-3-1-2-4-10(9)21-16(22)13(14)15-19-11-6-5-8(17(23)24)7-12(11)20-15/h1-7H,(H,19,20)(H,23,24)(H3,18,21,22);1-7,13,18H,(H,19,20)(H,21,22)(H,23,24). The van der Waals surface area contributed by atoms with Gasteiger partial charge in [0.2, 0.25) is 5.91 Å². The molecular formula is C34H24N8O6. The van der Waals surface area contributed by atoms with Crippen LogP contribution in [0.15, 0.2) is 89.7 Å². The van der Waals surface area contributed by atoms with Gasteiger partial charge in [0.1, 0.15) is 23.1 Å². The SMILES string of the molecule is N=C1c2ccccc2NC(=O)C1c1nc2ccc(C(=O)O)cc2[nH]1.Nc1c(-c2nc3ccc(C(=O)O)cc3[nH]2)c(=O)[nH]c2ccccc12. The smallest absolute Gasteiger partial charge is 0.335 e. The van der Waals surface area contributed by atoms with Crippen LogP contribution in [0.2, 0.25) is 0 Å². The Hall–Kier alpha value is -7.09. The molecular weight excluding hydrogens is 616 g/mol. The number of pyridine rings is 1. The van der Waals surface area contributed by atoms with Gasteiger partial charge in [-0.1, -0.05) is 36.4 Å². The molecule has 14 nitrogen and oxygen atoms in total. The number of aromatic nitrogens is 5. The van der Waals surface area contributed by atoms with Crippen LogP contribution in [0.25, 0.3) is 44.4 Å². The second-order valence-corrected chi connectivity index (χ2v) is 11.0. The number of carboxylic acid groups (broad SMARTS) is 2. The lowest BCUT2D eigenvalue weighted by Gasteiger charge is -2.24. The van der Waals surface area contributed by atoms with E-state index in [1.807, 2.05) is 18.2 Å². The molecule has 7 aromatic rings. The maximum absolute atomic E-state index is 12.4. The van der Waals surface area contributed by atoms with E-state index in [0.29, 0.717) is 56.2 Å². The molecule has 0 radical (unpaired) electrons. The number of rotatable bonds is 4. The molecule has 4 heterocycles. The van der Waals surface area contributed by atoms with Crippen LogP contribution < -0.4 is 16.6 Å². The number of imidazole rings is 2. The van der Waals surface area contributed by atoms with Crippen LogP contribution >= 0.6 is 0 Å². The quantitative estimate of drug-likeness (QED) is 0.132. The molecule has 0 bridgehead atoms. The molecule has 9 N–H and O–H groups in total. The van der Waals surface area contributed by atoms with Crippen molar-refractivity contribution in [2.24, 2.45) is 0 Å². The average molecular weight is 641 g/mol. The Labute approximate surface area is 268 Å². The molecule has 8 rings (SSSR count). The number of anilines is 2. The second kappa shape index (κ2) is 11.4. The van der Waals surface area contributed by atoms with Gasteiger partial charge in [0, 0.05) is 16.6 Å². The number of aromatic amines is 3. The number of nitrogen functional groups attached to an aromatic ring is 1. The number of carbonyl (C=O) groups excluding carboxylic acids is 1. The first kappa shape index (κ1) is 29.6. The van der Waals surface area contributed by atoms with E-state index in [0.717, 1.165) is 5.39 Å². The van der Waals surface area contributed by atoms with Crippen molar-refractivity contribution in [3.8, 4) is 11.4 Å². The van der Waals surface area contributed by atoms with Crippen molar-refractivity contribution in [2.75, 3.05) is 11.1 Å². The molecule has 1 atom stereocenters. The number of hydrogen-bond donors (Lipinski definition) is 8. The summed E-state index contributed by atoms with van der Waals surface area (Å²) in [4.78, 5) is 64.4. The monoisotopic (exact) mass is 640 g/mol. The molecule has 1 aliphatic rings. The highest BCUT2D eigenvalue weighted by atomic mass is 16.4. The molecule has 14 heteroatoms. The highest BCUT2D eigenvalue weighted by Gasteiger charge is 2.34. The molecule has 1 aliphatic heterocycles. The van der Waals surface area contributed by atoms with Gasteiger partial charge < -0.3 is 41.6 Å². The average Bonchev–Trinajstić information content (AvgIpc) is 3.68. The van der Waals surface area contributed by atoms with Crippen LogP contribution in [0.1, 0.15) is 38.0 Å². The molecule has 4 aromatic carbocycles. The minimum absolute atomic E-state index is 0.131. The number of nitrogens with zero attached hydrogens (tertiary/aromatic N) is 2. The maximum Gasteiger partial charge on any atom is 0.335 e. The summed E-state index contributed by atoms with van der Waals surface area (Å²) in [5, 5.41) is 30.0. The molecule has 1 unspecified atom stereocenters. The van der Waals surface area contributed by atoms with Gasteiger partial charge in [-0.05, 0) is 48.5 Å². The van der Waals surface area contributed by atoms with Crippen LogP contribution in [0.4, 0.5) is 11.4 Å². The zero-order valence-electron chi connectivity index (χ0n) is 24.7. The Kier molecular flexibility index (Phi) is 7.01. The van der Waals surface area contributed by atoms with Gasteiger partial charge in [-0.15, -0.1) is 0 Å². The minimum atomic E-state index is -1.04. The summed E-state index contributed by atoms with van der Waals surface area (Å²) in [6, 6.07) is 23.4. The van der Waals surface area contributed by atoms with E-state index in [1.54, 1.807) is 42.5 Å². The van der Waals surface area contributed by atoms with Crippen molar-refractivity contribution >= 4 is 67.9 Å². The van der Waals surface area contributed by atoms with Crippen LogP contribution in [-0.4, -0.2) is 58.7 Å². The third kappa shape index (κ3) is 5.08. The number of H-pyrrole nitrogens is 3. The molecule has 0 saturated heterocycles. The van der Waals surface area contributed by atoms with Crippen molar-refractivity contribution in [1.82, 2.24) is 24.9 Å². The zero-order chi connectivity index (χ0) is 33.7. The molecule has 48 heavy (non-hydrogen) atoms. The number of nitrogens with two attached hydrogens (primary N) is 1. The molecule has 236 valence electrons. The van der Waals surface area contributed by atoms with Crippen molar-refractivity contribution in [3.05, 3.63) is 118 Å². The van der Waals surface area contributed by atoms with E-state index in [1.165, 1.54) is 24.3 Å². The summed E-state index contributed by atoms with van der Waals surface area (Å²) in [5.41, 5.74) is 10.9. The first-order chi connectivity index (χ1) is 23.1. The van der Waals surface area contributed by atoms with E-state index in [2.05, 4.69) is 30.2 Å². The van der Waals surface area contributed by atoms with Crippen LogP contribution in [0.5, 0.6) is 0 Å². The van der Waals surface area contributed by atoms with Crippen molar-refractivity contribution < 1.29 is 24.6 Å². The van der Waals surface area contributed by atoms with Crippen LogP contribution in [-0.2, 0) is 4.79 Å². The Morgan fingerprint density at radius 1 is 0.750 bits per heavy atom. The first-order valence-corrected chi connectivity index (χ1v) is 14.4. The number of hydrogen-bond acceptors (Lipinski definition) is 8. The number of aromatic carboxylic acids is 2. The summed E-state index contributed by atoms with van der Waals surface area (Å²) in [7, 11) is 0. The Morgan fingerprint density at radius 2 is 1.38 bits per heavy atom. The summed E-state index contributed by atoms with van der Waals surface area (Å²) in [6.45, 7) is 0. The summed E-state index contributed by atoms with van der Waals surface area (Å²) in [5.74, 6) is -2.64. The lowest BCUT2D eigenvalue weighted by Crippen LogP contribution is -2.34. The highest BCUT2D eigenvalue weighted by Crippen LogP contribution is 2.31. The van der Waals surface area contributed by atoms with Crippen molar-refractivity contribution in [1.29, 1.82) is 5.41 Å². The van der Waals surface area contributed by atoms with E-state index < -0.39 is 17.9 Å². The first-order valence-electron chi connectivity index (χ1n) is 14.4. The van der Waals surface area contributed by atoms with Crippen LogP contribution in [0, 0.1) is 5.41 Å². The molecule has 3 aromatic heterocycles. The zero-order valence-corrected chi connectivity index (χ0v) is 24.7. The minimum Gasteiger partial charge on any atom is -0.478 e. The predicted octanol–water partition coefficient (Wildman–Crippen LogP) is 4.72. The number of fused-ring (bicyclic) bond motifs is 4. The summed E-state index contributed by atoms with van der Waals surface area (Å²) in [6.07, 6.45) is 0. The fourth-order valence-corrected chi connectivity index (χ4v) is 5.64. The van der Waals surface area contributed by atoms with E-state index >= 15 is 0 Å². The second-order valence-electron chi connectivity index (χ2n) is 11.0. The number of amides is 1. The van der Waals surface area contributed by atoms with Gasteiger partial charge in [-0.2, -0.15) is 0 Å². The van der Waals surface area contributed by atoms with Crippen molar-refractivity contribution in [3.63, 3.8) is 0 Å². The lowest BCUT2D eigenvalue weighted by molar-refractivity contribution is -0.116. The Bertz CT molecular complexity index is 2550. The van der Waals surface area contributed by atoms with Gasteiger partial charge in [0.15, 0.2) is 0 Å². The van der Waals surface area contributed by atoms with Gasteiger partial charge in [-0.3, -0.25) is 9.59 Å². The third-order valence-corrected chi connectivity index (χ3v) is 7.97. The van der Waals surface area contributed by atoms with Gasteiger partial charge in [0.05, 0.1) is 50.1 Å². The number of para-hydroxylation sites is 2. The lowest BCUT2D eigenvalue weighted by atomic mass is 9.90. The highest BCUT2D eigenvalue weighted by molar-refractivity contribution is 6.25.